The minimum Gasteiger partial charge on any atom is -0.385 e. The number of thioether (sulfide) groups is 1. The van der Waals surface area contributed by atoms with E-state index in [2.05, 4.69) is 15.5 Å². The number of nitrogens with zero attached hydrogens (tertiary/aromatic N) is 4. The Labute approximate surface area is 187 Å². The van der Waals surface area contributed by atoms with E-state index >= 15 is 0 Å². The molecule has 1 saturated heterocycles. The van der Waals surface area contributed by atoms with Crippen molar-refractivity contribution in [2.75, 3.05) is 39.1 Å². The van der Waals surface area contributed by atoms with E-state index in [9.17, 15) is 13.2 Å². The standard InChI is InChI=1S/C20H29N5O4S2/c1-3-25-19(22-23-20(25)30-15-18(26)21-10-7-13-29-2)16-8-6-9-17(14-16)31(27,28)24-11-4-5-12-24/h6,8-9,14H,3-5,7,10-13,15H2,1-2H3,(H,21,26). The number of sulfonamides is 1. The molecule has 1 aliphatic rings. The van der Waals surface area contributed by atoms with Crippen LogP contribution in [0.2, 0.25) is 0 Å². The molecule has 31 heavy (non-hydrogen) atoms. The molecular formula is C20H29N5O4S2. The van der Waals surface area contributed by atoms with Crippen LogP contribution in [0.1, 0.15) is 26.2 Å². The molecule has 1 aromatic heterocycles. The average Bonchev–Trinajstić information content (AvgIpc) is 3.45. The van der Waals surface area contributed by atoms with Gasteiger partial charge >= 0.3 is 0 Å². The summed E-state index contributed by atoms with van der Waals surface area (Å²) in [7, 11) is -1.88. The van der Waals surface area contributed by atoms with Crippen LogP contribution in [0.5, 0.6) is 0 Å². The van der Waals surface area contributed by atoms with Gasteiger partial charge in [-0.05, 0) is 38.3 Å². The second kappa shape index (κ2) is 11.1. The van der Waals surface area contributed by atoms with Crippen molar-refractivity contribution < 1.29 is 17.9 Å². The third-order valence-electron chi connectivity index (χ3n) is 5.01. The lowest BCUT2D eigenvalue weighted by molar-refractivity contribution is -0.118. The van der Waals surface area contributed by atoms with Gasteiger partial charge in [-0.25, -0.2) is 8.42 Å². The van der Waals surface area contributed by atoms with Gasteiger partial charge in [-0.15, -0.1) is 10.2 Å². The number of nitrogens with one attached hydrogen (secondary N) is 1. The van der Waals surface area contributed by atoms with Crippen molar-refractivity contribution >= 4 is 27.7 Å². The number of amides is 1. The largest absolute Gasteiger partial charge is 0.385 e. The minimum absolute atomic E-state index is 0.0768. The van der Waals surface area contributed by atoms with E-state index < -0.39 is 10.0 Å². The highest BCUT2D eigenvalue weighted by Crippen LogP contribution is 2.27. The molecule has 9 nitrogen and oxygen atoms in total. The number of rotatable bonds is 11. The molecule has 1 aromatic carbocycles. The fourth-order valence-corrected chi connectivity index (χ4v) is 5.79. The van der Waals surface area contributed by atoms with E-state index in [-0.39, 0.29) is 16.6 Å². The zero-order chi connectivity index (χ0) is 22.3. The first-order valence-electron chi connectivity index (χ1n) is 10.4. The molecule has 0 atom stereocenters. The molecular weight excluding hydrogens is 438 g/mol. The molecule has 2 aromatic rings. The normalized spacial score (nSPS) is 14.8. The first kappa shape index (κ1) is 23.7. The Morgan fingerprint density at radius 3 is 2.74 bits per heavy atom. The van der Waals surface area contributed by atoms with Crippen molar-refractivity contribution in [1.29, 1.82) is 0 Å². The molecule has 0 unspecified atom stereocenters. The quantitative estimate of drug-likeness (QED) is 0.398. The van der Waals surface area contributed by atoms with E-state index in [4.69, 9.17) is 4.74 Å². The Kier molecular flexibility index (Phi) is 8.47. The van der Waals surface area contributed by atoms with Crippen LogP contribution in [-0.2, 0) is 26.1 Å². The Balaban J connectivity index is 1.72. The van der Waals surface area contributed by atoms with Gasteiger partial charge in [-0.3, -0.25) is 4.79 Å². The molecule has 170 valence electrons. The molecule has 0 saturated carbocycles. The maximum atomic E-state index is 12.9. The summed E-state index contributed by atoms with van der Waals surface area (Å²) in [4.78, 5) is 12.3. The lowest BCUT2D eigenvalue weighted by Crippen LogP contribution is -2.27. The molecule has 1 N–H and O–H groups in total. The highest BCUT2D eigenvalue weighted by Gasteiger charge is 2.27. The summed E-state index contributed by atoms with van der Waals surface area (Å²) in [5, 5.41) is 12.0. The Morgan fingerprint density at radius 1 is 1.26 bits per heavy atom. The fourth-order valence-electron chi connectivity index (χ4n) is 3.39. The van der Waals surface area contributed by atoms with Crippen LogP contribution in [0.4, 0.5) is 0 Å². The lowest BCUT2D eigenvalue weighted by Gasteiger charge is -2.16. The van der Waals surface area contributed by atoms with Gasteiger partial charge in [0.2, 0.25) is 15.9 Å². The van der Waals surface area contributed by atoms with E-state index in [1.165, 1.54) is 16.1 Å². The van der Waals surface area contributed by atoms with Gasteiger partial charge in [-0.1, -0.05) is 23.9 Å². The Morgan fingerprint density at radius 2 is 2.03 bits per heavy atom. The average molecular weight is 468 g/mol. The second-order valence-electron chi connectivity index (χ2n) is 7.17. The molecule has 0 spiro atoms. The van der Waals surface area contributed by atoms with Crippen molar-refractivity contribution in [3.8, 4) is 11.4 Å². The maximum Gasteiger partial charge on any atom is 0.243 e. The molecule has 0 radical (unpaired) electrons. The molecule has 11 heteroatoms. The van der Waals surface area contributed by atoms with Gasteiger partial charge in [0.05, 0.1) is 10.6 Å². The van der Waals surface area contributed by atoms with E-state index in [1.54, 1.807) is 25.3 Å². The van der Waals surface area contributed by atoms with Gasteiger partial charge in [0, 0.05) is 45.5 Å². The summed E-state index contributed by atoms with van der Waals surface area (Å²) >= 11 is 1.31. The van der Waals surface area contributed by atoms with Gasteiger partial charge < -0.3 is 14.6 Å². The van der Waals surface area contributed by atoms with Crippen LogP contribution < -0.4 is 5.32 Å². The number of hydrogen-bond donors (Lipinski definition) is 1. The van der Waals surface area contributed by atoms with Crippen molar-refractivity contribution in [2.45, 2.75) is 42.8 Å². The zero-order valence-corrected chi connectivity index (χ0v) is 19.5. The van der Waals surface area contributed by atoms with Gasteiger partial charge in [0.25, 0.3) is 0 Å². The summed E-state index contributed by atoms with van der Waals surface area (Å²) in [6.45, 7) is 4.86. The number of aromatic nitrogens is 3. The predicted octanol–water partition coefficient (Wildman–Crippen LogP) is 1.99. The molecule has 1 fully saturated rings. The van der Waals surface area contributed by atoms with E-state index in [0.717, 1.165) is 19.3 Å². The Hall–Kier alpha value is -1.95. The monoisotopic (exact) mass is 467 g/mol. The van der Waals surface area contributed by atoms with E-state index in [1.807, 2.05) is 17.6 Å². The fraction of sp³-hybridized carbons (Fsp3) is 0.550. The highest BCUT2D eigenvalue weighted by atomic mass is 32.2. The molecule has 1 amide bonds. The van der Waals surface area contributed by atoms with Crippen molar-refractivity contribution in [2.24, 2.45) is 0 Å². The molecule has 0 aliphatic carbocycles. The molecule has 0 bridgehead atoms. The first-order valence-corrected chi connectivity index (χ1v) is 12.8. The maximum absolute atomic E-state index is 12.9. The van der Waals surface area contributed by atoms with Gasteiger partial charge in [-0.2, -0.15) is 4.31 Å². The van der Waals surface area contributed by atoms with Crippen LogP contribution in [0.25, 0.3) is 11.4 Å². The van der Waals surface area contributed by atoms with Gasteiger partial charge in [0.15, 0.2) is 11.0 Å². The van der Waals surface area contributed by atoms with Crippen LogP contribution in [-0.4, -0.2) is 72.5 Å². The highest BCUT2D eigenvalue weighted by molar-refractivity contribution is 7.99. The van der Waals surface area contributed by atoms with E-state index in [0.29, 0.717) is 49.3 Å². The van der Waals surface area contributed by atoms with Crippen molar-refractivity contribution in [3.05, 3.63) is 24.3 Å². The lowest BCUT2D eigenvalue weighted by atomic mass is 10.2. The predicted molar refractivity (Wildman–Crippen MR) is 119 cm³/mol. The number of hydrogen-bond acceptors (Lipinski definition) is 7. The van der Waals surface area contributed by atoms with Crippen LogP contribution in [0.15, 0.2) is 34.3 Å². The number of ether oxygens (including phenoxy) is 1. The van der Waals surface area contributed by atoms with Crippen LogP contribution in [0, 0.1) is 0 Å². The SMILES string of the molecule is CCn1c(SCC(=O)NCCCOC)nnc1-c1cccc(S(=O)(=O)N2CCCC2)c1. The minimum atomic E-state index is -3.51. The summed E-state index contributed by atoms with van der Waals surface area (Å²) in [5.74, 6) is 0.741. The number of benzene rings is 1. The van der Waals surface area contributed by atoms with Crippen LogP contribution in [0.3, 0.4) is 0 Å². The summed E-state index contributed by atoms with van der Waals surface area (Å²) < 4.78 is 34.2. The number of methoxy groups -OCH3 is 1. The van der Waals surface area contributed by atoms with Gasteiger partial charge in [0.1, 0.15) is 0 Å². The number of carbonyl (C=O) groups is 1. The number of carbonyl (C=O) groups excluding carboxylic acids is 1. The molecule has 2 heterocycles. The van der Waals surface area contributed by atoms with Crippen molar-refractivity contribution in [1.82, 2.24) is 24.4 Å². The summed E-state index contributed by atoms with van der Waals surface area (Å²) in [6, 6.07) is 6.83. The topological polar surface area (TPSA) is 106 Å². The third-order valence-corrected chi connectivity index (χ3v) is 7.87. The second-order valence-corrected chi connectivity index (χ2v) is 10.1. The smallest absolute Gasteiger partial charge is 0.243 e. The Bertz CT molecular complexity index is 987. The van der Waals surface area contributed by atoms with Crippen molar-refractivity contribution in [3.63, 3.8) is 0 Å². The van der Waals surface area contributed by atoms with Crippen LogP contribution >= 0.6 is 11.8 Å². The summed E-state index contributed by atoms with van der Waals surface area (Å²) in [6.07, 6.45) is 2.55. The summed E-state index contributed by atoms with van der Waals surface area (Å²) in [5.41, 5.74) is 0.686. The third kappa shape index (κ3) is 5.85. The molecule has 3 rings (SSSR count). The zero-order valence-electron chi connectivity index (χ0n) is 17.9. The molecule has 1 aliphatic heterocycles. The first-order chi connectivity index (χ1) is 15.0.